The Morgan fingerprint density at radius 1 is 1.48 bits per heavy atom. The van der Waals surface area contributed by atoms with Crippen LogP contribution in [0.1, 0.15) is 28.0 Å². The van der Waals surface area contributed by atoms with E-state index in [9.17, 15) is 4.79 Å². The van der Waals surface area contributed by atoms with Crippen molar-refractivity contribution in [2.45, 2.75) is 20.4 Å². The van der Waals surface area contributed by atoms with Crippen molar-refractivity contribution in [2.75, 3.05) is 24.3 Å². The summed E-state index contributed by atoms with van der Waals surface area (Å²) in [6, 6.07) is 5.16. The number of aromatic nitrogens is 1. The maximum Gasteiger partial charge on any atom is 0.338 e. The highest BCUT2D eigenvalue weighted by molar-refractivity contribution is 7.09. The van der Waals surface area contributed by atoms with Crippen LogP contribution in [0.4, 0.5) is 11.4 Å². The zero-order valence-corrected chi connectivity index (χ0v) is 13.2. The lowest BCUT2D eigenvalue weighted by Crippen LogP contribution is -2.19. The van der Waals surface area contributed by atoms with Gasteiger partial charge >= 0.3 is 5.97 Å². The molecule has 0 spiro atoms. The van der Waals surface area contributed by atoms with Crippen molar-refractivity contribution in [3.8, 4) is 0 Å². The maximum atomic E-state index is 11.8. The van der Waals surface area contributed by atoms with Crippen molar-refractivity contribution in [1.82, 2.24) is 4.98 Å². The molecule has 0 saturated heterocycles. The van der Waals surface area contributed by atoms with E-state index in [-0.39, 0.29) is 5.97 Å². The van der Waals surface area contributed by atoms with Gasteiger partial charge in [0.2, 0.25) is 0 Å². The van der Waals surface area contributed by atoms with Crippen LogP contribution in [0.3, 0.4) is 0 Å². The molecule has 0 radical (unpaired) electrons. The summed E-state index contributed by atoms with van der Waals surface area (Å²) in [7, 11) is 1.93. The number of esters is 1. The molecule has 21 heavy (non-hydrogen) atoms. The molecule has 1 aromatic heterocycles. The van der Waals surface area contributed by atoms with E-state index in [0.29, 0.717) is 24.4 Å². The minimum absolute atomic E-state index is 0.336. The highest BCUT2D eigenvalue weighted by atomic mass is 32.1. The Balaban J connectivity index is 2.21. The van der Waals surface area contributed by atoms with Crippen molar-refractivity contribution in [3.63, 3.8) is 0 Å². The first kappa shape index (κ1) is 15.3. The number of aryl methyl sites for hydroxylation is 1. The molecule has 0 unspecified atom stereocenters. The Morgan fingerprint density at radius 2 is 2.24 bits per heavy atom. The molecule has 0 fully saturated rings. The third-order valence-electron chi connectivity index (χ3n) is 3.02. The summed E-state index contributed by atoms with van der Waals surface area (Å²) in [5.41, 5.74) is 8.92. The largest absolute Gasteiger partial charge is 0.462 e. The number of benzene rings is 1. The highest BCUT2D eigenvalue weighted by Gasteiger charge is 2.13. The van der Waals surface area contributed by atoms with Crippen LogP contribution in [-0.4, -0.2) is 24.6 Å². The van der Waals surface area contributed by atoms with Crippen LogP contribution in [0.5, 0.6) is 0 Å². The first-order valence-corrected chi connectivity index (χ1v) is 7.58. The lowest BCUT2D eigenvalue weighted by Gasteiger charge is -2.20. The van der Waals surface area contributed by atoms with Gasteiger partial charge in [-0.1, -0.05) is 0 Å². The van der Waals surface area contributed by atoms with Crippen molar-refractivity contribution < 1.29 is 9.53 Å². The van der Waals surface area contributed by atoms with E-state index >= 15 is 0 Å². The van der Waals surface area contributed by atoms with Gasteiger partial charge in [0.05, 0.1) is 40.8 Å². The van der Waals surface area contributed by atoms with Crippen molar-refractivity contribution in [1.29, 1.82) is 0 Å². The SMILES string of the molecule is CCOC(=O)c1ccc(N)c(N(C)Cc2csc(C)n2)c1. The van der Waals surface area contributed by atoms with Crippen molar-refractivity contribution in [2.24, 2.45) is 0 Å². The van der Waals surface area contributed by atoms with Crippen LogP contribution in [0, 0.1) is 6.92 Å². The number of nitrogens with two attached hydrogens (primary N) is 1. The summed E-state index contributed by atoms with van der Waals surface area (Å²) in [5.74, 6) is -0.336. The van der Waals surface area contributed by atoms with Crippen LogP contribution >= 0.6 is 11.3 Å². The molecule has 0 saturated carbocycles. The van der Waals surface area contributed by atoms with Gasteiger partial charge < -0.3 is 15.4 Å². The van der Waals surface area contributed by atoms with Gasteiger partial charge in [-0.2, -0.15) is 0 Å². The van der Waals surface area contributed by atoms with Crippen molar-refractivity contribution in [3.05, 3.63) is 39.8 Å². The smallest absolute Gasteiger partial charge is 0.338 e. The van der Waals surface area contributed by atoms with Gasteiger partial charge in [0, 0.05) is 12.4 Å². The van der Waals surface area contributed by atoms with Gasteiger partial charge in [-0.3, -0.25) is 0 Å². The summed E-state index contributed by atoms with van der Waals surface area (Å²) in [5, 5.41) is 3.06. The average Bonchev–Trinajstić information content (AvgIpc) is 2.84. The summed E-state index contributed by atoms with van der Waals surface area (Å²) in [6.45, 7) is 4.75. The fourth-order valence-electron chi connectivity index (χ4n) is 2.02. The van der Waals surface area contributed by atoms with Crippen LogP contribution in [0.25, 0.3) is 0 Å². The Morgan fingerprint density at radius 3 is 2.86 bits per heavy atom. The van der Waals surface area contributed by atoms with E-state index in [1.807, 2.05) is 24.3 Å². The quantitative estimate of drug-likeness (QED) is 0.679. The molecule has 0 atom stereocenters. The normalized spacial score (nSPS) is 10.4. The molecule has 1 heterocycles. The first-order valence-electron chi connectivity index (χ1n) is 6.70. The molecule has 2 N–H and O–H groups in total. The zero-order valence-electron chi connectivity index (χ0n) is 12.4. The lowest BCUT2D eigenvalue weighted by molar-refractivity contribution is 0.0526. The van der Waals surface area contributed by atoms with Crippen molar-refractivity contribution >= 4 is 28.7 Å². The molecule has 0 aliphatic heterocycles. The van der Waals surface area contributed by atoms with E-state index in [4.69, 9.17) is 10.5 Å². The standard InChI is InChI=1S/C15H19N3O2S/c1-4-20-15(19)11-5-6-13(16)14(7-11)18(3)8-12-9-21-10(2)17-12/h5-7,9H,4,8,16H2,1-3H3. The second-order valence-corrected chi connectivity index (χ2v) is 5.77. The number of anilines is 2. The van der Waals surface area contributed by atoms with Gasteiger partial charge in [-0.25, -0.2) is 9.78 Å². The fraction of sp³-hybridized carbons (Fsp3) is 0.333. The molecule has 0 amide bonds. The van der Waals surface area contributed by atoms with Crippen LogP contribution < -0.4 is 10.6 Å². The third-order valence-corrected chi connectivity index (χ3v) is 3.84. The number of carbonyl (C=O) groups excluding carboxylic acids is 1. The number of thiazole rings is 1. The maximum absolute atomic E-state index is 11.8. The minimum atomic E-state index is -0.336. The van der Waals surface area contributed by atoms with E-state index in [1.165, 1.54) is 0 Å². The zero-order chi connectivity index (χ0) is 15.4. The first-order chi connectivity index (χ1) is 10.0. The number of nitrogen functional groups attached to an aromatic ring is 1. The van der Waals surface area contributed by atoms with Crippen LogP contribution in [0.15, 0.2) is 23.6 Å². The van der Waals surface area contributed by atoms with Gasteiger partial charge in [0.25, 0.3) is 0 Å². The monoisotopic (exact) mass is 305 g/mol. The third kappa shape index (κ3) is 3.72. The number of ether oxygens (including phenoxy) is 1. The Kier molecular flexibility index (Phi) is 4.80. The Hall–Kier alpha value is -2.08. The molecule has 2 rings (SSSR count). The van der Waals surface area contributed by atoms with Crippen LogP contribution in [-0.2, 0) is 11.3 Å². The highest BCUT2D eigenvalue weighted by Crippen LogP contribution is 2.25. The number of hydrogen-bond acceptors (Lipinski definition) is 6. The molecule has 0 bridgehead atoms. The molecule has 2 aromatic rings. The molecule has 0 aliphatic carbocycles. The van der Waals surface area contributed by atoms with Gasteiger partial charge in [0.1, 0.15) is 0 Å². The molecular formula is C15H19N3O2S. The number of hydrogen-bond donors (Lipinski definition) is 1. The predicted octanol–water partition coefficient (Wildman–Crippen LogP) is 2.85. The molecular weight excluding hydrogens is 286 g/mol. The van der Waals surface area contributed by atoms with E-state index in [2.05, 4.69) is 4.98 Å². The summed E-state index contributed by atoms with van der Waals surface area (Å²) in [6.07, 6.45) is 0. The summed E-state index contributed by atoms with van der Waals surface area (Å²) < 4.78 is 5.02. The fourth-order valence-corrected chi connectivity index (χ4v) is 2.63. The molecule has 1 aromatic carbocycles. The average molecular weight is 305 g/mol. The Labute approximate surface area is 128 Å². The van der Waals surface area contributed by atoms with E-state index < -0.39 is 0 Å². The second kappa shape index (κ2) is 6.58. The molecule has 6 heteroatoms. The van der Waals surface area contributed by atoms with Crippen LogP contribution in [0.2, 0.25) is 0 Å². The number of carbonyl (C=O) groups is 1. The second-order valence-electron chi connectivity index (χ2n) is 4.71. The van der Waals surface area contributed by atoms with Gasteiger partial charge in [-0.05, 0) is 32.0 Å². The van der Waals surface area contributed by atoms with E-state index in [0.717, 1.165) is 16.4 Å². The van der Waals surface area contributed by atoms with Gasteiger partial charge in [-0.15, -0.1) is 11.3 Å². The molecule has 5 nitrogen and oxygen atoms in total. The molecule has 0 aliphatic rings. The number of rotatable bonds is 5. The molecule has 112 valence electrons. The summed E-state index contributed by atoms with van der Waals surface area (Å²) >= 11 is 1.62. The Bertz CT molecular complexity index is 640. The number of nitrogens with zero attached hydrogens (tertiary/aromatic N) is 2. The van der Waals surface area contributed by atoms with E-state index in [1.54, 1.807) is 36.5 Å². The lowest BCUT2D eigenvalue weighted by atomic mass is 10.1. The predicted molar refractivity (Wildman–Crippen MR) is 85.8 cm³/mol. The minimum Gasteiger partial charge on any atom is -0.462 e. The topological polar surface area (TPSA) is 68.5 Å². The summed E-state index contributed by atoms with van der Waals surface area (Å²) in [4.78, 5) is 18.2. The van der Waals surface area contributed by atoms with Gasteiger partial charge in [0.15, 0.2) is 0 Å².